The Morgan fingerprint density at radius 3 is 1.56 bits per heavy atom. The van der Waals surface area contributed by atoms with Crippen LogP contribution in [0.4, 0.5) is 0 Å². The van der Waals surface area contributed by atoms with Gasteiger partial charge in [-0.3, -0.25) is 28.8 Å². The molecule has 4 aromatic carbocycles. The number of amides is 5. The van der Waals surface area contributed by atoms with Crippen LogP contribution in [0.15, 0.2) is 97.1 Å². The average Bonchev–Trinajstić information content (AvgIpc) is 3.52. The predicted molar refractivity (Wildman–Crippen MR) is 305 cm³/mol. The molecule has 0 spiro atoms. The molecule has 4 aliphatic rings. The van der Waals surface area contributed by atoms with E-state index in [1.165, 1.54) is 0 Å². The zero-order valence-electron chi connectivity index (χ0n) is 46.9. The number of Topliss-reactive ketones (excluding diaryl/α,β-unsaturated/α-hetero) is 1. The molecule has 4 aromatic rings. The summed E-state index contributed by atoms with van der Waals surface area (Å²) in [7, 11) is 1.77. The minimum Gasteiger partial charge on any atom is -0.377 e. The van der Waals surface area contributed by atoms with Crippen LogP contribution in [0, 0.1) is 23.7 Å². The molecule has 420 valence electrons. The van der Waals surface area contributed by atoms with E-state index in [9.17, 15) is 28.8 Å². The van der Waals surface area contributed by atoms with Gasteiger partial charge in [0.1, 0.15) is 11.8 Å². The summed E-state index contributed by atoms with van der Waals surface area (Å²) in [5.74, 6) is -0.955. The summed E-state index contributed by atoms with van der Waals surface area (Å²) in [5.41, 5.74) is 3.17. The van der Waals surface area contributed by atoms with E-state index < -0.39 is 24.0 Å². The van der Waals surface area contributed by atoms with E-state index in [4.69, 9.17) is 9.47 Å². The van der Waals surface area contributed by atoms with E-state index >= 15 is 0 Å². The van der Waals surface area contributed by atoms with Crippen molar-refractivity contribution < 1.29 is 38.2 Å². The number of morpholine rings is 2. The number of ether oxygens (including phenoxy) is 2. The summed E-state index contributed by atoms with van der Waals surface area (Å²) in [6.07, 6.45) is 12.2. The van der Waals surface area contributed by atoms with E-state index in [1.807, 2.05) is 113 Å². The number of carbonyl (C=O) groups excluding carboxylic acids is 6. The van der Waals surface area contributed by atoms with Crippen molar-refractivity contribution >= 4 is 46.1 Å². The number of likely N-dealkylation sites (N-methyl/N-ethyl adjacent to an activating group) is 1. The summed E-state index contributed by atoms with van der Waals surface area (Å²) < 4.78 is 12.1. The minimum atomic E-state index is -0.631. The molecule has 0 radical (unpaired) electrons. The molecule has 14 heteroatoms. The SMILES string of the molecule is CC[C@@H](C)C(=O)N[C@H](C(=O)N1CCOC[C@H]1CN(CCc1ccccc1)C(=O)c1ccc2cc(C(=O)N(CCc3ccccc3)C[C@@H]3COCCN3C(=O)[C@@H](CC(=O)[C@H](C)NC)C3CCCCC3)ccc2c1)C1CCCCC1. The maximum Gasteiger partial charge on any atom is 0.253 e. The van der Waals surface area contributed by atoms with E-state index in [-0.39, 0.29) is 91.8 Å². The predicted octanol–water partition coefficient (Wildman–Crippen LogP) is 8.54. The number of fused-ring (bicyclic) bond motifs is 1. The lowest BCUT2D eigenvalue weighted by Gasteiger charge is -2.42. The van der Waals surface area contributed by atoms with Crippen LogP contribution in [0.5, 0.6) is 0 Å². The molecule has 8 rings (SSSR count). The molecule has 2 saturated heterocycles. The lowest BCUT2D eigenvalue weighted by atomic mass is 9.76. The smallest absolute Gasteiger partial charge is 0.253 e. The van der Waals surface area contributed by atoms with Crippen LogP contribution in [0.2, 0.25) is 0 Å². The Morgan fingerprint density at radius 1 is 0.615 bits per heavy atom. The van der Waals surface area contributed by atoms with E-state index in [0.717, 1.165) is 86.1 Å². The number of nitrogens with zero attached hydrogens (tertiary/aromatic N) is 4. The molecule has 0 bridgehead atoms. The fourth-order valence-corrected chi connectivity index (χ4v) is 12.2. The van der Waals surface area contributed by atoms with Crippen molar-refractivity contribution in [1.29, 1.82) is 0 Å². The first-order chi connectivity index (χ1) is 37.9. The molecule has 4 fully saturated rings. The second-order valence-corrected chi connectivity index (χ2v) is 22.7. The van der Waals surface area contributed by atoms with Gasteiger partial charge in [-0.2, -0.15) is 0 Å². The Bertz CT molecular complexity index is 2440. The van der Waals surface area contributed by atoms with E-state index in [0.29, 0.717) is 69.8 Å². The number of ketones is 1. The summed E-state index contributed by atoms with van der Waals surface area (Å²) in [5, 5.41) is 7.87. The summed E-state index contributed by atoms with van der Waals surface area (Å²) in [6, 6.07) is 29.5. The van der Waals surface area contributed by atoms with Crippen LogP contribution in [0.25, 0.3) is 10.8 Å². The summed E-state index contributed by atoms with van der Waals surface area (Å²) in [4.78, 5) is 93.8. The standard InChI is InChI=1S/C64H86N6O8/c1-5-45(2)60(72)66-59(50-24-16-9-17-25-50)64(76)70-35-37-78-44-56(70)42-68(33-31-48-20-12-7-13-21-48)62(74)54-29-27-51-38-53(28-26-52(51)39-54)61(73)67(32-30-47-18-10-6-11-19-47)41-55-43-77-36-34-69(55)63(75)57(40-58(71)46(3)65-4)49-22-14-8-15-23-49/h6-7,10-13,18-21,26-29,38-39,45-46,49-50,55-57,59,65H,5,8-9,14-17,22-25,30-37,40-44H2,1-4H3,(H,66,72)/t45-,46+,55-,56-,57+,59+/m1/s1. The average molecular weight is 1070 g/mol. The number of carbonyl (C=O) groups is 6. The number of hydrogen-bond donors (Lipinski definition) is 2. The van der Waals surface area contributed by atoms with Gasteiger partial charge in [-0.25, -0.2) is 0 Å². The van der Waals surface area contributed by atoms with Crippen LogP contribution in [-0.2, 0) is 41.5 Å². The monoisotopic (exact) mass is 1070 g/mol. The molecular weight excluding hydrogens is 981 g/mol. The van der Waals surface area contributed by atoms with Gasteiger partial charge in [0, 0.05) is 68.7 Å². The Kier molecular flexibility index (Phi) is 21.5. The van der Waals surface area contributed by atoms with Gasteiger partial charge in [-0.05, 0) is 117 Å². The van der Waals surface area contributed by atoms with Crippen LogP contribution >= 0.6 is 0 Å². The van der Waals surface area contributed by atoms with Crippen molar-refractivity contribution in [3.05, 3.63) is 119 Å². The third-order valence-corrected chi connectivity index (χ3v) is 17.4. The van der Waals surface area contributed by atoms with Crippen LogP contribution < -0.4 is 10.6 Å². The van der Waals surface area contributed by atoms with E-state index in [2.05, 4.69) is 34.9 Å². The Balaban J connectivity index is 1.03. The first-order valence-electron chi connectivity index (χ1n) is 29.4. The first kappa shape index (κ1) is 58.2. The first-order valence-corrected chi connectivity index (χ1v) is 29.4. The van der Waals surface area contributed by atoms with Crippen LogP contribution in [0.1, 0.15) is 130 Å². The van der Waals surface area contributed by atoms with Gasteiger partial charge in [0.2, 0.25) is 17.7 Å². The highest BCUT2D eigenvalue weighted by Gasteiger charge is 2.41. The van der Waals surface area contributed by atoms with Gasteiger partial charge in [0.15, 0.2) is 0 Å². The molecule has 5 amide bonds. The van der Waals surface area contributed by atoms with E-state index in [1.54, 1.807) is 7.05 Å². The quantitative estimate of drug-likeness (QED) is 0.0743. The largest absolute Gasteiger partial charge is 0.377 e. The molecule has 2 aliphatic heterocycles. The molecule has 2 saturated carbocycles. The number of hydrogen-bond acceptors (Lipinski definition) is 9. The van der Waals surface area contributed by atoms with Crippen LogP contribution in [-0.4, -0.2) is 152 Å². The van der Waals surface area contributed by atoms with Crippen molar-refractivity contribution in [3.63, 3.8) is 0 Å². The second kappa shape index (κ2) is 28.8. The molecule has 2 heterocycles. The van der Waals surface area contributed by atoms with Gasteiger partial charge in [-0.15, -0.1) is 0 Å². The topological polar surface area (TPSA) is 158 Å². The summed E-state index contributed by atoms with van der Waals surface area (Å²) in [6.45, 7) is 9.19. The number of rotatable bonds is 23. The molecule has 78 heavy (non-hydrogen) atoms. The van der Waals surface area contributed by atoms with Crippen molar-refractivity contribution in [2.75, 3.05) is 72.7 Å². The Hall–Kier alpha value is -5.96. The van der Waals surface area contributed by atoms with Gasteiger partial charge in [-0.1, -0.05) is 125 Å². The fourth-order valence-electron chi connectivity index (χ4n) is 12.2. The molecule has 14 nitrogen and oxygen atoms in total. The third kappa shape index (κ3) is 15.2. The second-order valence-electron chi connectivity index (χ2n) is 22.7. The molecule has 0 unspecified atom stereocenters. The highest BCUT2D eigenvalue weighted by Crippen LogP contribution is 2.35. The maximum absolute atomic E-state index is 15.0. The Labute approximate surface area is 463 Å². The number of benzene rings is 4. The maximum atomic E-state index is 15.0. The Morgan fingerprint density at radius 2 is 1.09 bits per heavy atom. The molecule has 2 aliphatic carbocycles. The van der Waals surface area contributed by atoms with Gasteiger partial charge in [0.25, 0.3) is 11.8 Å². The van der Waals surface area contributed by atoms with Gasteiger partial charge < -0.3 is 39.7 Å². The lowest BCUT2D eigenvalue weighted by Crippen LogP contribution is -2.61. The normalized spacial score (nSPS) is 20.1. The van der Waals surface area contributed by atoms with Gasteiger partial charge >= 0.3 is 0 Å². The number of nitrogens with one attached hydrogen (secondary N) is 2. The van der Waals surface area contributed by atoms with Crippen molar-refractivity contribution in [1.82, 2.24) is 30.2 Å². The van der Waals surface area contributed by atoms with Crippen molar-refractivity contribution in [2.45, 2.75) is 135 Å². The van der Waals surface area contributed by atoms with Crippen LogP contribution in [0.3, 0.4) is 0 Å². The van der Waals surface area contributed by atoms with Gasteiger partial charge in [0.05, 0.1) is 44.6 Å². The zero-order chi connectivity index (χ0) is 55.0. The van der Waals surface area contributed by atoms with Crippen molar-refractivity contribution in [2.24, 2.45) is 23.7 Å². The fraction of sp³-hybridized carbons (Fsp3) is 0.562. The third-order valence-electron chi connectivity index (χ3n) is 17.4. The summed E-state index contributed by atoms with van der Waals surface area (Å²) >= 11 is 0. The minimum absolute atomic E-state index is 0.0133. The highest BCUT2D eigenvalue weighted by atomic mass is 16.5. The van der Waals surface area contributed by atoms with Crippen molar-refractivity contribution in [3.8, 4) is 0 Å². The highest BCUT2D eigenvalue weighted by molar-refractivity contribution is 6.02. The zero-order valence-corrected chi connectivity index (χ0v) is 46.9. The lowest BCUT2D eigenvalue weighted by molar-refractivity contribution is -0.149. The molecule has 2 N–H and O–H groups in total. The molecule has 6 atom stereocenters. The molecular formula is C64H86N6O8. The molecule has 0 aromatic heterocycles.